The molecule has 2 aromatic heterocycles. The van der Waals surface area contributed by atoms with Crippen LogP contribution in [0, 0.1) is 0 Å². The highest BCUT2D eigenvalue weighted by atomic mass is 16.5. The standard InChI is InChI=1S/C21H26N6O5/c1-24(2)17(29)11-22-16(28)13-27-20(30)18-19(23-14-25(18)9-10-32-3)26(21(27)31)12-15-7-5-4-6-8-15/h4-8,14H,9-13H2,1-3H3,(H,22,28). The van der Waals surface area contributed by atoms with Crippen LogP contribution in [0.5, 0.6) is 0 Å². The first-order chi connectivity index (χ1) is 15.3. The van der Waals surface area contributed by atoms with E-state index < -0.39 is 23.7 Å². The highest BCUT2D eigenvalue weighted by Gasteiger charge is 2.20. The Kier molecular flexibility index (Phi) is 7.21. The molecule has 11 heteroatoms. The number of fused-ring (bicyclic) bond motifs is 1. The second-order valence-corrected chi connectivity index (χ2v) is 7.41. The third kappa shape index (κ3) is 4.94. The van der Waals surface area contributed by atoms with Gasteiger partial charge in [0.15, 0.2) is 11.2 Å². The number of methoxy groups -OCH3 is 1. The van der Waals surface area contributed by atoms with E-state index in [1.54, 1.807) is 25.8 Å². The van der Waals surface area contributed by atoms with Gasteiger partial charge in [-0.3, -0.25) is 19.0 Å². The fourth-order valence-electron chi connectivity index (χ4n) is 3.18. The third-order valence-electron chi connectivity index (χ3n) is 4.94. The van der Waals surface area contributed by atoms with Crippen LogP contribution in [0.4, 0.5) is 0 Å². The van der Waals surface area contributed by atoms with Crippen molar-refractivity contribution in [3.63, 3.8) is 0 Å². The molecule has 0 fully saturated rings. The zero-order valence-corrected chi connectivity index (χ0v) is 18.3. The Hall–Kier alpha value is -3.73. The van der Waals surface area contributed by atoms with E-state index >= 15 is 0 Å². The summed E-state index contributed by atoms with van der Waals surface area (Å²) in [5, 5.41) is 2.45. The van der Waals surface area contributed by atoms with E-state index in [-0.39, 0.29) is 30.2 Å². The van der Waals surface area contributed by atoms with Crippen LogP contribution in [-0.4, -0.2) is 69.8 Å². The van der Waals surface area contributed by atoms with Gasteiger partial charge in [-0.2, -0.15) is 0 Å². The van der Waals surface area contributed by atoms with Crippen LogP contribution in [0.3, 0.4) is 0 Å². The summed E-state index contributed by atoms with van der Waals surface area (Å²) in [6.45, 7) is 0.134. The van der Waals surface area contributed by atoms with Gasteiger partial charge < -0.3 is 19.5 Å². The average Bonchev–Trinajstić information content (AvgIpc) is 3.21. The molecule has 0 bridgehead atoms. The zero-order chi connectivity index (χ0) is 23.3. The van der Waals surface area contributed by atoms with Gasteiger partial charge in [-0.15, -0.1) is 0 Å². The molecule has 32 heavy (non-hydrogen) atoms. The first-order valence-electron chi connectivity index (χ1n) is 10.0. The van der Waals surface area contributed by atoms with E-state index in [1.165, 1.54) is 15.8 Å². The van der Waals surface area contributed by atoms with Crippen LogP contribution in [0.1, 0.15) is 5.56 Å². The third-order valence-corrected chi connectivity index (χ3v) is 4.94. The number of carbonyl (C=O) groups excluding carboxylic acids is 2. The number of imidazole rings is 1. The summed E-state index contributed by atoms with van der Waals surface area (Å²) in [7, 11) is 4.68. The number of likely N-dealkylation sites (N-methyl/N-ethyl adjacent to an activating group) is 1. The normalized spacial score (nSPS) is 11.0. The fraction of sp³-hybridized carbons (Fsp3) is 0.381. The Bertz CT molecular complexity index is 1230. The molecule has 2 heterocycles. The van der Waals surface area contributed by atoms with Crippen LogP contribution in [-0.2, 0) is 34.0 Å². The van der Waals surface area contributed by atoms with Crippen molar-refractivity contribution in [2.75, 3.05) is 34.4 Å². The van der Waals surface area contributed by atoms with Gasteiger partial charge in [-0.1, -0.05) is 30.3 Å². The molecule has 170 valence electrons. The first-order valence-corrected chi connectivity index (χ1v) is 10.0. The lowest BCUT2D eigenvalue weighted by Crippen LogP contribution is -2.45. The minimum absolute atomic E-state index is 0.179. The summed E-state index contributed by atoms with van der Waals surface area (Å²) in [6, 6.07) is 9.27. The number of carbonyl (C=O) groups is 2. The van der Waals surface area contributed by atoms with Crippen molar-refractivity contribution in [3.05, 3.63) is 63.1 Å². The highest BCUT2D eigenvalue weighted by molar-refractivity contribution is 5.84. The van der Waals surface area contributed by atoms with Crippen molar-refractivity contribution in [2.24, 2.45) is 0 Å². The summed E-state index contributed by atoms with van der Waals surface area (Å²) in [5.74, 6) is -0.923. The van der Waals surface area contributed by atoms with Crippen LogP contribution in [0.25, 0.3) is 11.2 Å². The maximum Gasteiger partial charge on any atom is 0.333 e. The Balaban J connectivity index is 2.04. The molecule has 0 radical (unpaired) electrons. The van der Waals surface area contributed by atoms with Crippen molar-refractivity contribution in [3.8, 4) is 0 Å². The van der Waals surface area contributed by atoms with Gasteiger partial charge in [0.05, 0.1) is 26.0 Å². The van der Waals surface area contributed by atoms with Crippen LogP contribution in [0.2, 0.25) is 0 Å². The number of nitrogens with one attached hydrogen (secondary N) is 1. The second-order valence-electron chi connectivity index (χ2n) is 7.41. The first kappa shape index (κ1) is 22.9. The molecule has 11 nitrogen and oxygen atoms in total. The molecule has 3 rings (SSSR count). The monoisotopic (exact) mass is 442 g/mol. The Morgan fingerprint density at radius 1 is 1.12 bits per heavy atom. The highest BCUT2D eigenvalue weighted by Crippen LogP contribution is 2.09. The number of nitrogens with zero attached hydrogens (tertiary/aromatic N) is 5. The molecule has 0 aliphatic rings. The lowest BCUT2D eigenvalue weighted by atomic mass is 10.2. The molecule has 0 aliphatic carbocycles. The van der Waals surface area contributed by atoms with E-state index in [1.807, 2.05) is 30.3 Å². The predicted octanol–water partition coefficient (Wildman–Crippen LogP) is -0.741. The van der Waals surface area contributed by atoms with Crippen molar-refractivity contribution in [1.29, 1.82) is 0 Å². The van der Waals surface area contributed by atoms with Gasteiger partial charge in [0, 0.05) is 27.7 Å². The van der Waals surface area contributed by atoms with Crippen molar-refractivity contribution in [1.82, 2.24) is 28.9 Å². The number of ether oxygens (including phenoxy) is 1. The number of aromatic nitrogens is 4. The van der Waals surface area contributed by atoms with Gasteiger partial charge >= 0.3 is 5.69 Å². The minimum atomic E-state index is -0.655. The molecular formula is C21H26N6O5. The maximum atomic E-state index is 13.2. The van der Waals surface area contributed by atoms with Crippen LogP contribution in [0.15, 0.2) is 46.2 Å². The number of amides is 2. The topological polar surface area (TPSA) is 120 Å². The van der Waals surface area contributed by atoms with Gasteiger partial charge in [-0.05, 0) is 5.56 Å². The molecule has 0 spiro atoms. The summed E-state index contributed by atoms with van der Waals surface area (Å²) in [5.41, 5.74) is -0.00264. The molecule has 0 aliphatic heterocycles. The van der Waals surface area contributed by atoms with E-state index in [2.05, 4.69) is 10.3 Å². The van der Waals surface area contributed by atoms with Gasteiger partial charge in [0.25, 0.3) is 5.56 Å². The van der Waals surface area contributed by atoms with E-state index in [0.717, 1.165) is 10.1 Å². The lowest BCUT2D eigenvalue weighted by molar-refractivity contribution is -0.131. The van der Waals surface area contributed by atoms with E-state index in [9.17, 15) is 19.2 Å². The molecule has 0 unspecified atom stereocenters. The van der Waals surface area contributed by atoms with Crippen molar-refractivity contribution in [2.45, 2.75) is 19.6 Å². The van der Waals surface area contributed by atoms with Crippen molar-refractivity contribution < 1.29 is 14.3 Å². The molecule has 1 aromatic carbocycles. The van der Waals surface area contributed by atoms with Gasteiger partial charge in [0.2, 0.25) is 11.8 Å². The van der Waals surface area contributed by atoms with Gasteiger partial charge in [0.1, 0.15) is 6.54 Å². The largest absolute Gasteiger partial charge is 0.383 e. The summed E-state index contributed by atoms with van der Waals surface area (Å²) < 4.78 is 8.93. The van der Waals surface area contributed by atoms with Crippen LogP contribution >= 0.6 is 0 Å². The number of hydrogen-bond donors (Lipinski definition) is 1. The van der Waals surface area contributed by atoms with E-state index in [4.69, 9.17) is 4.74 Å². The number of hydrogen-bond acceptors (Lipinski definition) is 6. The summed E-state index contributed by atoms with van der Waals surface area (Å²) >= 11 is 0. The van der Waals surface area contributed by atoms with Crippen molar-refractivity contribution >= 4 is 23.0 Å². The molecule has 0 saturated heterocycles. The zero-order valence-electron chi connectivity index (χ0n) is 18.3. The molecule has 0 atom stereocenters. The SMILES string of the molecule is COCCn1cnc2c1c(=O)n(CC(=O)NCC(=O)N(C)C)c(=O)n2Cc1ccccc1. The Morgan fingerprint density at radius 2 is 1.84 bits per heavy atom. The lowest BCUT2D eigenvalue weighted by Gasteiger charge is -2.14. The second kappa shape index (κ2) is 10.1. The molecule has 0 saturated carbocycles. The predicted molar refractivity (Wildman–Crippen MR) is 117 cm³/mol. The van der Waals surface area contributed by atoms with Crippen LogP contribution < -0.4 is 16.6 Å². The Morgan fingerprint density at radius 3 is 2.50 bits per heavy atom. The minimum Gasteiger partial charge on any atom is -0.383 e. The molecule has 3 aromatic rings. The smallest absolute Gasteiger partial charge is 0.333 e. The number of rotatable bonds is 9. The quantitative estimate of drug-likeness (QED) is 0.466. The maximum absolute atomic E-state index is 13.2. The summed E-state index contributed by atoms with van der Waals surface area (Å²) in [4.78, 5) is 56.2. The molecular weight excluding hydrogens is 416 g/mol. The number of benzene rings is 1. The fourth-order valence-corrected chi connectivity index (χ4v) is 3.18. The summed E-state index contributed by atoms with van der Waals surface area (Å²) in [6.07, 6.45) is 1.48. The molecule has 2 amide bonds. The molecule has 1 N–H and O–H groups in total. The van der Waals surface area contributed by atoms with E-state index in [0.29, 0.717) is 13.2 Å². The average molecular weight is 442 g/mol. The van der Waals surface area contributed by atoms with Gasteiger partial charge in [-0.25, -0.2) is 14.3 Å². The Labute approximate surface area is 183 Å².